The lowest BCUT2D eigenvalue weighted by Gasteiger charge is -2.13. The van der Waals surface area contributed by atoms with Gasteiger partial charge in [0.1, 0.15) is 11.5 Å². The first-order valence-corrected chi connectivity index (χ1v) is 7.22. The van der Waals surface area contributed by atoms with E-state index in [1.807, 2.05) is 12.3 Å². The molecule has 1 aromatic carbocycles. The normalized spacial score (nSPS) is 15.0. The molecule has 1 heterocycles. The topological polar surface area (TPSA) is 29.9 Å². The molecular weight excluding hydrogens is 253 g/mol. The second kappa shape index (κ2) is 5.37. The highest BCUT2D eigenvalue weighted by atomic mass is 19.1. The lowest BCUT2D eigenvalue weighted by atomic mass is 10.1. The summed E-state index contributed by atoms with van der Waals surface area (Å²) in [4.78, 5) is 0. The number of nitrogens with one attached hydrogen (secondary N) is 1. The Morgan fingerprint density at radius 1 is 1.35 bits per heavy atom. The third-order valence-electron chi connectivity index (χ3n) is 3.67. The van der Waals surface area contributed by atoms with Crippen LogP contribution in [0.1, 0.15) is 43.9 Å². The first kappa shape index (κ1) is 13.3. The molecule has 0 amide bonds. The number of para-hydroxylation sites is 1. The molecule has 1 aliphatic rings. The lowest BCUT2D eigenvalue weighted by Crippen LogP contribution is -2.17. The van der Waals surface area contributed by atoms with Gasteiger partial charge in [0.25, 0.3) is 0 Å². The zero-order chi connectivity index (χ0) is 14.1. The van der Waals surface area contributed by atoms with Gasteiger partial charge in [-0.25, -0.2) is 9.07 Å². The maximum absolute atomic E-state index is 14.0. The van der Waals surface area contributed by atoms with Crippen molar-refractivity contribution in [2.75, 3.05) is 0 Å². The van der Waals surface area contributed by atoms with E-state index in [0.717, 1.165) is 17.8 Å². The number of hydrogen-bond acceptors (Lipinski definition) is 2. The van der Waals surface area contributed by atoms with Crippen LogP contribution in [0.5, 0.6) is 0 Å². The second-order valence-corrected chi connectivity index (χ2v) is 5.73. The van der Waals surface area contributed by atoms with Crippen LogP contribution in [0.3, 0.4) is 0 Å². The third-order valence-corrected chi connectivity index (χ3v) is 3.67. The molecule has 1 fully saturated rings. The van der Waals surface area contributed by atoms with Crippen LogP contribution in [-0.4, -0.2) is 15.8 Å². The van der Waals surface area contributed by atoms with Crippen molar-refractivity contribution in [2.45, 2.75) is 45.2 Å². The molecular formula is C16H20FN3. The van der Waals surface area contributed by atoms with Crippen LogP contribution in [0.15, 0.2) is 30.5 Å². The zero-order valence-corrected chi connectivity index (χ0v) is 11.9. The average molecular weight is 273 g/mol. The Bertz CT molecular complexity index is 600. The van der Waals surface area contributed by atoms with Crippen LogP contribution in [-0.2, 0) is 6.54 Å². The van der Waals surface area contributed by atoms with Crippen molar-refractivity contribution >= 4 is 0 Å². The Morgan fingerprint density at radius 2 is 2.10 bits per heavy atom. The second-order valence-electron chi connectivity index (χ2n) is 5.73. The van der Waals surface area contributed by atoms with Gasteiger partial charge >= 0.3 is 0 Å². The number of hydrogen-bond donors (Lipinski definition) is 1. The highest BCUT2D eigenvalue weighted by molar-refractivity contribution is 5.37. The van der Waals surface area contributed by atoms with Crippen molar-refractivity contribution in [3.05, 3.63) is 47.5 Å². The molecule has 0 atom stereocenters. The number of halogens is 1. The van der Waals surface area contributed by atoms with E-state index in [4.69, 9.17) is 0 Å². The summed E-state index contributed by atoms with van der Waals surface area (Å²) in [5.41, 5.74) is 2.77. The van der Waals surface area contributed by atoms with Crippen molar-refractivity contribution in [1.82, 2.24) is 15.1 Å². The summed E-state index contributed by atoms with van der Waals surface area (Å²) in [5, 5.41) is 7.90. The van der Waals surface area contributed by atoms with E-state index < -0.39 is 0 Å². The molecule has 1 saturated carbocycles. The molecule has 4 heteroatoms. The standard InChI is InChI=1S/C16H20FN3/c1-11(2)16-12(9-18-13-7-8-13)10-19-20(16)15-6-4-3-5-14(15)17/h3-6,10-11,13,18H,7-9H2,1-2H3. The third kappa shape index (κ3) is 2.61. The molecule has 0 bridgehead atoms. The van der Waals surface area contributed by atoms with Crippen LogP contribution in [0.4, 0.5) is 4.39 Å². The minimum absolute atomic E-state index is 0.237. The summed E-state index contributed by atoms with van der Waals surface area (Å²) < 4.78 is 15.7. The fourth-order valence-corrected chi connectivity index (χ4v) is 2.50. The maximum Gasteiger partial charge on any atom is 0.148 e. The molecule has 3 nitrogen and oxygen atoms in total. The molecule has 0 radical (unpaired) electrons. The van der Waals surface area contributed by atoms with Gasteiger partial charge in [0.15, 0.2) is 0 Å². The molecule has 0 saturated heterocycles. The highest BCUT2D eigenvalue weighted by Crippen LogP contribution is 2.25. The van der Waals surface area contributed by atoms with Gasteiger partial charge in [-0.05, 0) is 30.9 Å². The quantitative estimate of drug-likeness (QED) is 0.905. The van der Waals surface area contributed by atoms with Crippen LogP contribution in [0, 0.1) is 5.82 Å². The van der Waals surface area contributed by atoms with Gasteiger partial charge in [0.05, 0.1) is 11.9 Å². The lowest BCUT2D eigenvalue weighted by molar-refractivity contribution is 0.600. The van der Waals surface area contributed by atoms with Gasteiger partial charge in [-0.2, -0.15) is 5.10 Å². The molecule has 1 N–H and O–H groups in total. The van der Waals surface area contributed by atoms with Gasteiger partial charge in [-0.15, -0.1) is 0 Å². The van der Waals surface area contributed by atoms with E-state index in [2.05, 4.69) is 24.3 Å². The first-order chi connectivity index (χ1) is 9.66. The van der Waals surface area contributed by atoms with Gasteiger partial charge in [-0.1, -0.05) is 26.0 Å². The SMILES string of the molecule is CC(C)c1c(CNC2CC2)cnn1-c1ccccc1F. The van der Waals surface area contributed by atoms with Crippen LogP contribution >= 0.6 is 0 Å². The van der Waals surface area contributed by atoms with Gasteiger partial charge in [0, 0.05) is 18.2 Å². The Morgan fingerprint density at radius 3 is 2.75 bits per heavy atom. The van der Waals surface area contributed by atoms with Crippen LogP contribution < -0.4 is 5.32 Å². The Balaban J connectivity index is 1.95. The zero-order valence-electron chi connectivity index (χ0n) is 11.9. The maximum atomic E-state index is 14.0. The Labute approximate surface area is 118 Å². The minimum Gasteiger partial charge on any atom is -0.310 e. The first-order valence-electron chi connectivity index (χ1n) is 7.22. The number of nitrogens with zero attached hydrogens (tertiary/aromatic N) is 2. The summed E-state index contributed by atoms with van der Waals surface area (Å²) in [6, 6.07) is 7.45. The largest absolute Gasteiger partial charge is 0.310 e. The van der Waals surface area contributed by atoms with E-state index in [1.54, 1.807) is 16.8 Å². The Hall–Kier alpha value is -1.68. The molecule has 1 aromatic heterocycles. The van der Waals surface area contributed by atoms with E-state index >= 15 is 0 Å². The van der Waals surface area contributed by atoms with Gasteiger partial charge in [-0.3, -0.25) is 0 Å². The number of rotatable bonds is 5. The van der Waals surface area contributed by atoms with Crippen molar-refractivity contribution in [2.24, 2.45) is 0 Å². The summed E-state index contributed by atoms with van der Waals surface area (Å²) in [7, 11) is 0. The monoisotopic (exact) mass is 273 g/mol. The molecule has 0 aliphatic heterocycles. The van der Waals surface area contributed by atoms with E-state index in [0.29, 0.717) is 17.6 Å². The summed E-state index contributed by atoms with van der Waals surface area (Å²) in [6.45, 7) is 5.05. The van der Waals surface area contributed by atoms with Gasteiger partial charge < -0.3 is 5.32 Å². The fraction of sp³-hybridized carbons (Fsp3) is 0.438. The molecule has 3 rings (SSSR count). The predicted octanol–water partition coefficient (Wildman–Crippen LogP) is 3.39. The van der Waals surface area contributed by atoms with Gasteiger partial charge in [0.2, 0.25) is 0 Å². The van der Waals surface area contributed by atoms with Crippen molar-refractivity contribution < 1.29 is 4.39 Å². The molecule has 0 spiro atoms. The summed E-state index contributed by atoms with van der Waals surface area (Å²) >= 11 is 0. The Kier molecular flexibility index (Phi) is 3.57. The predicted molar refractivity (Wildman–Crippen MR) is 77.5 cm³/mol. The van der Waals surface area contributed by atoms with Crippen molar-refractivity contribution in [1.29, 1.82) is 0 Å². The van der Waals surface area contributed by atoms with Crippen LogP contribution in [0.2, 0.25) is 0 Å². The molecule has 20 heavy (non-hydrogen) atoms. The molecule has 106 valence electrons. The number of benzene rings is 1. The summed E-state index contributed by atoms with van der Waals surface area (Å²) in [5.74, 6) is 0.0623. The van der Waals surface area contributed by atoms with Crippen molar-refractivity contribution in [3.63, 3.8) is 0 Å². The minimum atomic E-state index is -0.237. The summed E-state index contributed by atoms with van der Waals surface area (Å²) in [6.07, 6.45) is 4.38. The van der Waals surface area contributed by atoms with E-state index in [9.17, 15) is 4.39 Å². The van der Waals surface area contributed by atoms with Crippen molar-refractivity contribution in [3.8, 4) is 5.69 Å². The van der Waals surface area contributed by atoms with E-state index in [-0.39, 0.29) is 5.82 Å². The average Bonchev–Trinajstić information content (AvgIpc) is 3.15. The molecule has 0 unspecified atom stereocenters. The smallest absolute Gasteiger partial charge is 0.148 e. The highest BCUT2D eigenvalue weighted by Gasteiger charge is 2.22. The fourth-order valence-electron chi connectivity index (χ4n) is 2.50. The van der Waals surface area contributed by atoms with Crippen LogP contribution in [0.25, 0.3) is 5.69 Å². The number of aromatic nitrogens is 2. The molecule has 2 aromatic rings. The molecule has 1 aliphatic carbocycles. The van der Waals surface area contributed by atoms with E-state index in [1.165, 1.54) is 18.9 Å².